The van der Waals surface area contributed by atoms with E-state index in [9.17, 15) is 14.3 Å². The number of ether oxygens (including phenoxy) is 1. The number of likely N-dealkylation sites (N-methyl/N-ethyl adjacent to an activating group) is 1. The van der Waals surface area contributed by atoms with Gasteiger partial charge in [-0.1, -0.05) is 69.1 Å². The number of allylic oxidation sites excluding steroid dienone is 6. The van der Waals surface area contributed by atoms with Gasteiger partial charge in [-0.15, -0.1) is 0 Å². The van der Waals surface area contributed by atoms with E-state index < -0.39 is 7.82 Å². The SMILES string of the molecule is CCCCCC=CCC=CCC=CCCCCCCC(=O)OC=CCOP(=O)(O)OCC[N+](C)(C)C. The summed E-state index contributed by atoms with van der Waals surface area (Å²) in [6, 6.07) is 0. The van der Waals surface area contributed by atoms with E-state index >= 15 is 0 Å². The van der Waals surface area contributed by atoms with Gasteiger partial charge in [-0.3, -0.25) is 13.8 Å². The number of hydrogen-bond acceptors (Lipinski definition) is 5. The molecule has 0 radical (unpaired) electrons. The Bertz CT molecular complexity index is 709. The maximum Gasteiger partial charge on any atom is 0.472 e. The van der Waals surface area contributed by atoms with Gasteiger partial charge in [-0.2, -0.15) is 0 Å². The number of phosphoric acid groups is 1. The fourth-order valence-electron chi connectivity index (χ4n) is 3.00. The van der Waals surface area contributed by atoms with Crippen molar-refractivity contribution in [2.24, 2.45) is 0 Å². The number of nitrogens with zero attached hydrogens (tertiary/aromatic N) is 1. The highest BCUT2D eigenvalue weighted by Gasteiger charge is 2.21. The van der Waals surface area contributed by atoms with Crippen molar-refractivity contribution in [1.82, 2.24) is 0 Å². The molecule has 0 heterocycles. The Morgan fingerprint density at radius 2 is 1.39 bits per heavy atom. The van der Waals surface area contributed by atoms with Crippen molar-refractivity contribution >= 4 is 13.8 Å². The molecule has 1 unspecified atom stereocenters. The molecule has 36 heavy (non-hydrogen) atoms. The van der Waals surface area contributed by atoms with Crippen LogP contribution in [0.4, 0.5) is 0 Å². The molecular formula is C28H51NO6P+. The Hall–Kier alpha value is -1.50. The van der Waals surface area contributed by atoms with E-state index in [-0.39, 0.29) is 19.2 Å². The van der Waals surface area contributed by atoms with Crippen LogP contribution in [-0.2, 0) is 23.1 Å². The second-order valence-corrected chi connectivity index (χ2v) is 11.3. The van der Waals surface area contributed by atoms with Crippen molar-refractivity contribution in [3.63, 3.8) is 0 Å². The molecule has 8 heteroatoms. The quantitative estimate of drug-likeness (QED) is 0.0376. The first-order valence-corrected chi connectivity index (χ1v) is 14.9. The second-order valence-electron chi connectivity index (χ2n) is 9.81. The van der Waals surface area contributed by atoms with Crippen molar-refractivity contribution < 1.29 is 32.5 Å². The number of rotatable bonds is 23. The number of carbonyl (C=O) groups excluding carboxylic acids is 1. The number of phosphoric ester groups is 1. The van der Waals surface area contributed by atoms with Crippen molar-refractivity contribution in [3.05, 3.63) is 48.8 Å². The molecule has 0 aromatic rings. The molecule has 0 amide bonds. The summed E-state index contributed by atoms with van der Waals surface area (Å²) in [6.07, 6.45) is 28.4. The molecule has 0 aromatic carbocycles. The summed E-state index contributed by atoms with van der Waals surface area (Å²) in [5.41, 5.74) is 0. The lowest BCUT2D eigenvalue weighted by atomic mass is 10.1. The van der Waals surface area contributed by atoms with Crippen molar-refractivity contribution in [3.8, 4) is 0 Å². The van der Waals surface area contributed by atoms with Gasteiger partial charge >= 0.3 is 13.8 Å². The Labute approximate surface area is 220 Å². The highest BCUT2D eigenvalue weighted by atomic mass is 31.2. The standard InChI is InChI=1S/C28H50NO6P/c1-5-6-7-8-9-10-11-12-13-14-15-16-17-18-19-20-21-23-28(30)33-25-22-26-34-36(31,32)35-27-24-29(2,3)4/h9-10,12-13,15-16,22,25H,5-8,11,14,17-21,23-24,26-27H2,1-4H3/p+1. The second kappa shape index (κ2) is 22.7. The van der Waals surface area contributed by atoms with E-state index in [1.54, 1.807) is 0 Å². The first kappa shape index (κ1) is 34.5. The van der Waals surface area contributed by atoms with Crippen LogP contribution in [-0.4, -0.2) is 56.2 Å². The number of carbonyl (C=O) groups is 1. The van der Waals surface area contributed by atoms with E-state index in [4.69, 9.17) is 13.8 Å². The topological polar surface area (TPSA) is 82.1 Å². The van der Waals surface area contributed by atoms with Gasteiger partial charge in [0, 0.05) is 6.42 Å². The smallest absolute Gasteiger partial charge is 0.435 e. The van der Waals surface area contributed by atoms with Crippen LogP contribution < -0.4 is 0 Å². The lowest BCUT2D eigenvalue weighted by Crippen LogP contribution is -2.37. The van der Waals surface area contributed by atoms with Crippen LogP contribution in [0.1, 0.15) is 84.0 Å². The fourth-order valence-corrected chi connectivity index (χ4v) is 3.66. The van der Waals surface area contributed by atoms with Crippen LogP contribution in [0.2, 0.25) is 0 Å². The summed E-state index contributed by atoms with van der Waals surface area (Å²) in [5.74, 6) is -0.319. The van der Waals surface area contributed by atoms with Crippen LogP contribution in [0, 0.1) is 0 Å². The van der Waals surface area contributed by atoms with Gasteiger partial charge in [0.1, 0.15) is 13.2 Å². The largest absolute Gasteiger partial charge is 0.472 e. The van der Waals surface area contributed by atoms with Crippen LogP contribution in [0.15, 0.2) is 48.8 Å². The minimum absolute atomic E-state index is 0.112. The third kappa shape index (κ3) is 27.1. The average Bonchev–Trinajstić information content (AvgIpc) is 2.79. The molecule has 0 aliphatic carbocycles. The summed E-state index contributed by atoms with van der Waals surface area (Å²) >= 11 is 0. The molecule has 1 N–H and O–H groups in total. The Morgan fingerprint density at radius 3 is 2.00 bits per heavy atom. The highest BCUT2D eigenvalue weighted by molar-refractivity contribution is 7.47. The molecular weight excluding hydrogens is 477 g/mol. The van der Waals surface area contributed by atoms with E-state index in [0.29, 0.717) is 17.4 Å². The van der Waals surface area contributed by atoms with Crippen molar-refractivity contribution in [2.75, 3.05) is 40.9 Å². The van der Waals surface area contributed by atoms with Crippen molar-refractivity contribution in [2.45, 2.75) is 84.0 Å². The molecule has 208 valence electrons. The van der Waals surface area contributed by atoms with Crippen LogP contribution in [0.3, 0.4) is 0 Å². The van der Waals surface area contributed by atoms with E-state index in [1.807, 2.05) is 21.1 Å². The van der Waals surface area contributed by atoms with Gasteiger partial charge < -0.3 is 14.1 Å². The van der Waals surface area contributed by atoms with Gasteiger partial charge in [0.25, 0.3) is 0 Å². The Balaban J connectivity index is 3.62. The highest BCUT2D eigenvalue weighted by Crippen LogP contribution is 2.42. The third-order valence-electron chi connectivity index (χ3n) is 5.17. The predicted molar refractivity (Wildman–Crippen MR) is 148 cm³/mol. The molecule has 0 aliphatic heterocycles. The summed E-state index contributed by atoms with van der Waals surface area (Å²) in [6.45, 7) is 2.74. The third-order valence-corrected chi connectivity index (χ3v) is 6.15. The summed E-state index contributed by atoms with van der Waals surface area (Å²) in [4.78, 5) is 21.3. The van der Waals surface area contributed by atoms with Gasteiger partial charge in [0.15, 0.2) is 0 Å². The van der Waals surface area contributed by atoms with Gasteiger partial charge in [-0.25, -0.2) is 4.57 Å². The minimum atomic E-state index is -4.10. The van der Waals surface area contributed by atoms with E-state index in [1.165, 1.54) is 38.0 Å². The predicted octanol–water partition coefficient (Wildman–Crippen LogP) is 7.25. The molecule has 7 nitrogen and oxygen atoms in total. The van der Waals surface area contributed by atoms with Crippen LogP contribution in [0.25, 0.3) is 0 Å². The summed E-state index contributed by atoms with van der Waals surface area (Å²) in [5, 5.41) is 0. The van der Waals surface area contributed by atoms with Crippen molar-refractivity contribution in [1.29, 1.82) is 0 Å². The van der Waals surface area contributed by atoms with Gasteiger partial charge in [0.05, 0.1) is 34.0 Å². The number of hydrogen-bond donors (Lipinski definition) is 1. The zero-order valence-corrected chi connectivity index (χ0v) is 24.0. The molecule has 1 atom stereocenters. The molecule has 0 fully saturated rings. The van der Waals surface area contributed by atoms with Crippen LogP contribution >= 0.6 is 7.82 Å². The molecule has 0 saturated carbocycles. The lowest BCUT2D eigenvalue weighted by molar-refractivity contribution is -0.870. The molecule has 0 spiro atoms. The number of esters is 1. The molecule has 0 aromatic heterocycles. The molecule has 0 bridgehead atoms. The average molecular weight is 529 g/mol. The van der Waals surface area contributed by atoms with Crippen LogP contribution in [0.5, 0.6) is 0 Å². The zero-order valence-electron chi connectivity index (χ0n) is 23.1. The Morgan fingerprint density at radius 1 is 0.806 bits per heavy atom. The normalized spacial score (nSPS) is 14.5. The lowest BCUT2D eigenvalue weighted by Gasteiger charge is -2.23. The monoisotopic (exact) mass is 528 g/mol. The Kier molecular flexibility index (Phi) is 21.7. The first-order valence-electron chi connectivity index (χ1n) is 13.4. The number of quaternary nitrogens is 1. The van der Waals surface area contributed by atoms with E-state index in [0.717, 1.165) is 44.9 Å². The fraction of sp³-hybridized carbons (Fsp3) is 0.679. The zero-order chi connectivity index (χ0) is 27.0. The first-order chi connectivity index (χ1) is 17.2. The number of unbranched alkanes of at least 4 members (excludes halogenated alkanes) is 7. The maximum atomic E-state index is 11.7. The maximum absolute atomic E-state index is 11.7. The molecule has 0 rings (SSSR count). The van der Waals surface area contributed by atoms with Gasteiger partial charge in [-0.05, 0) is 51.0 Å². The summed E-state index contributed by atoms with van der Waals surface area (Å²) < 4.78 is 27.0. The summed E-state index contributed by atoms with van der Waals surface area (Å²) in [7, 11) is 1.77. The van der Waals surface area contributed by atoms with Gasteiger partial charge in [0.2, 0.25) is 0 Å². The molecule has 0 aliphatic rings. The minimum Gasteiger partial charge on any atom is -0.435 e. The molecule has 0 saturated heterocycles. The van der Waals surface area contributed by atoms with E-state index in [2.05, 4.69) is 43.4 Å².